The quantitative estimate of drug-likeness (QED) is 0.780. The van der Waals surface area contributed by atoms with Gasteiger partial charge in [0.15, 0.2) is 0 Å². The molecule has 0 aliphatic heterocycles. The monoisotopic (exact) mass is 270 g/mol. The normalized spacial score (nSPS) is 18.2. The third-order valence-corrected chi connectivity index (χ3v) is 3.72. The lowest BCUT2D eigenvalue weighted by Gasteiger charge is -2.33. The molecule has 0 unspecified atom stereocenters. The van der Waals surface area contributed by atoms with E-state index < -0.39 is 11.0 Å². The van der Waals surface area contributed by atoms with Crippen LogP contribution in [0.25, 0.3) is 0 Å². The predicted octanol–water partition coefficient (Wildman–Crippen LogP) is 0.912. The molecule has 5 nitrogen and oxygen atoms in total. The van der Waals surface area contributed by atoms with Crippen molar-refractivity contribution < 1.29 is 14.7 Å². The molecule has 1 fully saturated rings. The van der Waals surface area contributed by atoms with E-state index in [-0.39, 0.29) is 24.8 Å². The Bertz CT molecular complexity index is 345. The van der Waals surface area contributed by atoms with Gasteiger partial charge in [-0.2, -0.15) is 0 Å². The summed E-state index contributed by atoms with van der Waals surface area (Å²) in [5.41, 5.74) is -1.18. The molecule has 1 saturated carbocycles. The zero-order valence-electron chi connectivity index (χ0n) is 12.5. The molecular formula is C14H26N2O3. The lowest BCUT2D eigenvalue weighted by atomic mass is 9.88. The van der Waals surface area contributed by atoms with E-state index in [1.165, 1.54) is 0 Å². The number of aliphatic hydroxyl groups excluding tert-OH is 1. The van der Waals surface area contributed by atoms with Gasteiger partial charge in [0.05, 0.1) is 0 Å². The molecule has 110 valence electrons. The van der Waals surface area contributed by atoms with Crippen LogP contribution in [-0.2, 0) is 9.59 Å². The molecule has 19 heavy (non-hydrogen) atoms. The summed E-state index contributed by atoms with van der Waals surface area (Å²) in [4.78, 5) is 26.0. The number of amides is 2. The summed E-state index contributed by atoms with van der Waals surface area (Å²) in [5, 5.41) is 12.1. The number of carbonyl (C=O) groups excluding carboxylic acids is 2. The molecule has 0 radical (unpaired) electrons. The van der Waals surface area contributed by atoms with E-state index in [2.05, 4.69) is 5.32 Å². The summed E-state index contributed by atoms with van der Waals surface area (Å²) in [5.74, 6) is -0.184. The van der Waals surface area contributed by atoms with Gasteiger partial charge in [0, 0.05) is 27.1 Å². The van der Waals surface area contributed by atoms with Crippen molar-refractivity contribution in [1.29, 1.82) is 0 Å². The number of nitrogens with one attached hydrogen (secondary N) is 1. The molecule has 1 rings (SSSR count). The second kappa shape index (κ2) is 5.90. The molecule has 0 saturated heterocycles. The van der Waals surface area contributed by atoms with Gasteiger partial charge in [-0.05, 0) is 18.3 Å². The van der Waals surface area contributed by atoms with Crippen LogP contribution in [0, 0.1) is 5.41 Å². The third kappa shape index (κ3) is 3.93. The van der Waals surface area contributed by atoms with Crippen molar-refractivity contribution in [2.75, 3.05) is 20.7 Å². The van der Waals surface area contributed by atoms with Crippen LogP contribution in [0.5, 0.6) is 0 Å². The first-order valence-electron chi connectivity index (χ1n) is 6.86. The lowest BCUT2D eigenvalue weighted by molar-refractivity contribution is -0.140. The lowest BCUT2D eigenvalue weighted by Crippen LogP contribution is -2.57. The van der Waals surface area contributed by atoms with E-state index in [1.54, 1.807) is 19.0 Å². The highest BCUT2D eigenvalue weighted by atomic mass is 16.3. The van der Waals surface area contributed by atoms with Crippen LogP contribution in [0.15, 0.2) is 0 Å². The van der Waals surface area contributed by atoms with Crippen LogP contribution in [0.3, 0.4) is 0 Å². The van der Waals surface area contributed by atoms with Crippen LogP contribution in [-0.4, -0.2) is 48.1 Å². The van der Waals surface area contributed by atoms with Gasteiger partial charge in [-0.3, -0.25) is 9.59 Å². The highest BCUT2D eigenvalue weighted by molar-refractivity contribution is 5.91. The van der Waals surface area contributed by atoms with Crippen LogP contribution in [0.2, 0.25) is 0 Å². The van der Waals surface area contributed by atoms with Gasteiger partial charge < -0.3 is 15.3 Å². The van der Waals surface area contributed by atoms with E-state index in [1.807, 2.05) is 13.8 Å². The molecule has 0 aromatic carbocycles. The average Bonchev–Trinajstić information content (AvgIpc) is 2.76. The largest absolute Gasteiger partial charge is 0.396 e. The smallest absolute Gasteiger partial charge is 0.247 e. The highest BCUT2D eigenvalue weighted by Gasteiger charge is 2.43. The number of hydrogen-bond donors (Lipinski definition) is 2. The van der Waals surface area contributed by atoms with E-state index >= 15 is 0 Å². The Kier molecular flexibility index (Phi) is 4.96. The molecule has 1 aliphatic carbocycles. The number of likely N-dealkylation sites (N-methyl/N-ethyl adjacent to an activating group) is 1. The standard InChI is InChI=1S/C14H26N2O3/c1-13(2,10-17)9-11(18)15-14(7-5-6-8-14)12(19)16(3)4/h17H,5-10H2,1-4H3,(H,15,18). The average molecular weight is 270 g/mol. The van der Waals surface area contributed by atoms with Gasteiger partial charge in [0.2, 0.25) is 11.8 Å². The van der Waals surface area contributed by atoms with Crippen LogP contribution in [0.4, 0.5) is 0 Å². The fraction of sp³-hybridized carbons (Fsp3) is 0.857. The molecule has 2 N–H and O–H groups in total. The molecule has 0 aromatic heterocycles. The van der Waals surface area contributed by atoms with Crippen molar-refractivity contribution in [2.45, 2.75) is 51.5 Å². The van der Waals surface area contributed by atoms with Gasteiger partial charge in [0.25, 0.3) is 0 Å². The van der Waals surface area contributed by atoms with Gasteiger partial charge >= 0.3 is 0 Å². The number of aliphatic hydroxyl groups is 1. The van der Waals surface area contributed by atoms with Crippen molar-refractivity contribution >= 4 is 11.8 Å². The first-order valence-corrected chi connectivity index (χ1v) is 6.86. The van der Waals surface area contributed by atoms with Crippen LogP contribution < -0.4 is 5.32 Å². The highest BCUT2D eigenvalue weighted by Crippen LogP contribution is 2.32. The Hall–Kier alpha value is -1.10. The molecule has 0 atom stereocenters. The summed E-state index contributed by atoms with van der Waals surface area (Å²) in [6.07, 6.45) is 3.56. The Morgan fingerprint density at radius 1 is 1.26 bits per heavy atom. The minimum atomic E-state index is -0.730. The van der Waals surface area contributed by atoms with Gasteiger partial charge in [-0.15, -0.1) is 0 Å². The number of hydrogen-bond acceptors (Lipinski definition) is 3. The first kappa shape index (κ1) is 16.0. The van der Waals surface area contributed by atoms with E-state index in [0.717, 1.165) is 12.8 Å². The number of nitrogens with zero attached hydrogens (tertiary/aromatic N) is 1. The molecule has 5 heteroatoms. The molecule has 0 spiro atoms. The second-order valence-corrected chi connectivity index (χ2v) is 6.54. The SMILES string of the molecule is CN(C)C(=O)C1(NC(=O)CC(C)(C)CO)CCCC1. The second-order valence-electron chi connectivity index (χ2n) is 6.54. The Balaban J connectivity index is 2.75. The maximum atomic E-state index is 12.3. The van der Waals surface area contributed by atoms with E-state index in [4.69, 9.17) is 0 Å². The van der Waals surface area contributed by atoms with Crippen molar-refractivity contribution in [2.24, 2.45) is 5.41 Å². The Labute approximate surface area is 115 Å². The molecule has 0 bridgehead atoms. The molecule has 1 aliphatic rings. The first-order chi connectivity index (χ1) is 8.72. The minimum Gasteiger partial charge on any atom is -0.396 e. The molecule has 0 aromatic rings. The maximum Gasteiger partial charge on any atom is 0.247 e. The third-order valence-electron chi connectivity index (χ3n) is 3.72. The van der Waals surface area contributed by atoms with Crippen molar-refractivity contribution in [3.63, 3.8) is 0 Å². The van der Waals surface area contributed by atoms with Crippen molar-refractivity contribution in [3.05, 3.63) is 0 Å². The summed E-state index contributed by atoms with van der Waals surface area (Å²) in [7, 11) is 3.43. The molecule has 2 amide bonds. The summed E-state index contributed by atoms with van der Waals surface area (Å²) >= 11 is 0. The number of rotatable bonds is 5. The van der Waals surface area contributed by atoms with E-state index in [0.29, 0.717) is 12.8 Å². The fourth-order valence-electron chi connectivity index (χ4n) is 2.60. The van der Waals surface area contributed by atoms with Crippen LogP contribution >= 0.6 is 0 Å². The molecule has 0 heterocycles. The Morgan fingerprint density at radius 2 is 1.79 bits per heavy atom. The number of carbonyl (C=O) groups is 2. The van der Waals surface area contributed by atoms with E-state index in [9.17, 15) is 14.7 Å². The van der Waals surface area contributed by atoms with Crippen molar-refractivity contribution in [3.8, 4) is 0 Å². The predicted molar refractivity (Wildman–Crippen MR) is 73.5 cm³/mol. The Morgan fingerprint density at radius 3 is 2.21 bits per heavy atom. The van der Waals surface area contributed by atoms with Gasteiger partial charge in [-0.1, -0.05) is 26.7 Å². The summed E-state index contributed by atoms with van der Waals surface area (Å²) in [6.45, 7) is 3.62. The maximum absolute atomic E-state index is 12.3. The zero-order chi connectivity index (χ0) is 14.7. The summed E-state index contributed by atoms with van der Waals surface area (Å²) in [6, 6.07) is 0. The zero-order valence-corrected chi connectivity index (χ0v) is 12.5. The van der Waals surface area contributed by atoms with Gasteiger partial charge in [0.1, 0.15) is 5.54 Å². The van der Waals surface area contributed by atoms with Gasteiger partial charge in [-0.25, -0.2) is 0 Å². The van der Waals surface area contributed by atoms with Crippen molar-refractivity contribution in [1.82, 2.24) is 10.2 Å². The topological polar surface area (TPSA) is 69.6 Å². The summed E-state index contributed by atoms with van der Waals surface area (Å²) < 4.78 is 0. The minimum absolute atomic E-state index is 0.0276. The fourth-order valence-corrected chi connectivity index (χ4v) is 2.60. The van der Waals surface area contributed by atoms with Crippen LogP contribution in [0.1, 0.15) is 46.0 Å². The molecular weight excluding hydrogens is 244 g/mol.